The number of fused-ring (bicyclic) bond motifs is 8. The molecule has 1 aliphatic carbocycles. The topological polar surface area (TPSA) is 30.9 Å². The Morgan fingerprint density at radius 2 is 1.44 bits per heavy atom. The number of methoxy groups -OCH3 is 1. The van der Waals surface area contributed by atoms with E-state index in [-0.39, 0.29) is 11.2 Å². The standard InChI is InChI=1S/C49H46FNO3/c1-4-24-48(25-5-2)44-31-34(33-9-7-6-8-10-33)11-21-41(44)45-43-32-39(52-3)20-22-40(43)47-42(46(45)48)23-26-49(54-47,35-12-16-37(50)17-13-35)36-14-18-38(19-15-36)51-27-29-53-30-28-51/h6-23,26,31-32H,4-5,24-25,27-30H2,1-3H3. The molecule has 6 aromatic carbocycles. The third kappa shape index (κ3) is 5.43. The summed E-state index contributed by atoms with van der Waals surface area (Å²) in [6.45, 7) is 7.78. The molecule has 1 atom stereocenters. The molecule has 3 aliphatic rings. The summed E-state index contributed by atoms with van der Waals surface area (Å²) in [6.07, 6.45) is 8.63. The highest BCUT2D eigenvalue weighted by Gasteiger charge is 2.48. The summed E-state index contributed by atoms with van der Waals surface area (Å²) >= 11 is 0. The highest BCUT2D eigenvalue weighted by atomic mass is 19.1. The first-order valence-electron chi connectivity index (χ1n) is 19.5. The quantitative estimate of drug-likeness (QED) is 0.149. The van der Waals surface area contributed by atoms with E-state index in [2.05, 4.69) is 116 Å². The van der Waals surface area contributed by atoms with Crippen LogP contribution in [0.1, 0.15) is 67.3 Å². The first kappa shape index (κ1) is 34.4. The predicted molar refractivity (Wildman–Crippen MR) is 218 cm³/mol. The van der Waals surface area contributed by atoms with Gasteiger partial charge in [0.05, 0.1) is 20.3 Å². The van der Waals surface area contributed by atoms with E-state index in [0.29, 0.717) is 0 Å². The van der Waals surface area contributed by atoms with Crippen molar-refractivity contribution >= 4 is 22.5 Å². The van der Waals surface area contributed by atoms with E-state index < -0.39 is 5.60 Å². The summed E-state index contributed by atoms with van der Waals surface area (Å²) in [6, 6.07) is 39.7. The van der Waals surface area contributed by atoms with Crippen LogP contribution in [0.4, 0.5) is 10.1 Å². The van der Waals surface area contributed by atoms with Crippen molar-refractivity contribution in [3.63, 3.8) is 0 Å². The SMILES string of the molecule is CCCC1(CCC)c2cc(-c3ccccc3)ccc2-c2c1c1c(c3ccc(OC)cc23)OC(c2ccc(F)cc2)(c2ccc(N3CCOCC3)cc2)C=C1. The zero-order valence-electron chi connectivity index (χ0n) is 31.3. The smallest absolute Gasteiger partial charge is 0.178 e. The Bertz CT molecular complexity index is 2350. The molecule has 6 aromatic rings. The van der Waals surface area contributed by atoms with E-state index in [0.717, 1.165) is 96.6 Å². The van der Waals surface area contributed by atoms with Gasteiger partial charge in [-0.2, -0.15) is 0 Å². The Labute approximate surface area is 317 Å². The van der Waals surface area contributed by atoms with Crippen LogP contribution in [0.2, 0.25) is 0 Å². The van der Waals surface area contributed by atoms with Crippen molar-refractivity contribution in [3.05, 3.63) is 155 Å². The summed E-state index contributed by atoms with van der Waals surface area (Å²) in [7, 11) is 1.73. The number of nitrogens with zero attached hydrogens (tertiary/aromatic N) is 1. The van der Waals surface area contributed by atoms with Gasteiger partial charge in [0.1, 0.15) is 17.3 Å². The lowest BCUT2D eigenvalue weighted by atomic mass is 9.69. The first-order chi connectivity index (χ1) is 26.5. The van der Waals surface area contributed by atoms with Gasteiger partial charge in [-0.25, -0.2) is 4.39 Å². The third-order valence-electron chi connectivity index (χ3n) is 11.9. The minimum absolute atomic E-state index is 0.219. The number of hydrogen-bond acceptors (Lipinski definition) is 4. The summed E-state index contributed by atoms with van der Waals surface area (Å²) in [5, 5.41) is 2.16. The fourth-order valence-corrected chi connectivity index (χ4v) is 9.54. The minimum Gasteiger partial charge on any atom is -0.497 e. The summed E-state index contributed by atoms with van der Waals surface area (Å²) in [5.74, 6) is 1.39. The Hall–Kier alpha value is -5.39. The van der Waals surface area contributed by atoms with Crippen LogP contribution in [-0.4, -0.2) is 33.4 Å². The van der Waals surface area contributed by atoms with Gasteiger partial charge < -0.3 is 19.1 Å². The van der Waals surface area contributed by atoms with Crippen LogP contribution in [0, 0.1) is 5.82 Å². The second-order valence-corrected chi connectivity index (χ2v) is 14.9. The Morgan fingerprint density at radius 3 is 2.13 bits per heavy atom. The molecule has 272 valence electrons. The zero-order valence-corrected chi connectivity index (χ0v) is 31.3. The molecule has 0 N–H and O–H groups in total. The number of anilines is 1. The van der Waals surface area contributed by atoms with Gasteiger partial charge in [0.2, 0.25) is 0 Å². The molecule has 0 amide bonds. The molecule has 1 unspecified atom stereocenters. The lowest BCUT2D eigenvalue weighted by Gasteiger charge is -2.40. The van der Waals surface area contributed by atoms with Gasteiger partial charge in [0.25, 0.3) is 0 Å². The second kappa shape index (κ2) is 13.8. The average molecular weight is 716 g/mol. The summed E-state index contributed by atoms with van der Waals surface area (Å²) in [4.78, 5) is 2.36. The van der Waals surface area contributed by atoms with Crippen molar-refractivity contribution in [1.29, 1.82) is 0 Å². The molecule has 0 saturated carbocycles. The maximum atomic E-state index is 14.5. The molecule has 0 bridgehead atoms. The Morgan fingerprint density at radius 1 is 0.741 bits per heavy atom. The van der Waals surface area contributed by atoms with Crippen molar-refractivity contribution in [2.24, 2.45) is 0 Å². The Kier molecular flexibility index (Phi) is 8.78. The highest BCUT2D eigenvalue weighted by Crippen LogP contribution is 2.61. The number of rotatable bonds is 9. The molecule has 2 heterocycles. The van der Waals surface area contributed by atoms with Crippen LogP contribution >= 0.6 is 0 Å². The fraction of sp³-hybridized carbons (Fsp3) is 0.265. The van der Waals surface area contributed by atoms with Crippen molar-refractivity contribution in [3.8, 4) is 33.8 Å². The van der Waals surface area contributed by atoms with E-state index in [1.807, 2.05) is 18.2 Å². The monoisotopic (exact) mass is 715 g/mol. The molecule has 4 nitrogen and oxygen atoms in total. The number of halogens is 1. The van der Waals surface area contributed by atoms with Crippen LogP contribution < -0.4 is 14.4 Å². The van der Waals surface area contributed by atoms with E-state index in [1.54, 1.807) is 7.11 Å². The number of benzene rings is 6. The van der Waals surface area contributed by atoms with Crippen molar-refractivity contribution < 1.29 is 18.6 Å². The second-order valence-electron chi connectivity index (χ2n) is 14.9. The minimum atomic E-state index is -0.991. The largest absolute Gasteiger partial charge is 0.497 e. The van der Waals surface area contributed by atoms with Gasteiger partial charge in [-0.1, -0.05) is 99.5 Å². The Balaban J connectivity index is 1.30. The van der Waals surface area contributed by atoms with Crippen LogP contribution in [0.5, 0.6) is 11.5 Å². The van der Waals surface area contributed by atoms with Crippen molar-refractivity contribution in [1.82, 2.24) is 0 Å². The number of morpholine rings is 1. The van der Waals surface area contributed by atoms with E-state index >= 15 is 0 Å². The molecule has 54 heavy (non-hydrogen) atoms. The van der Waals surface area contributed by atoms with Crippen LogP contribution in [0.25, 0.3) is 39.1 Å². The molecule has 5 heteroatoms. The normalized spacial score (nSPS) is 18.2. The zero-order chi connectivity index (χ0) is 36.9. The third-order valence-corrected chi connectivity index (χ3v) is 11.9. The van der Waals surface area contributed by atoms with E-state index in [9.17, 15) is 4.39 Å². The maximum Gasteiger partial charge on any atom is 0.178 e. The predicted octanol–water partition coefficient (Wildman–Crippen LogP) is 11.7. The lowest BCUT2D eigenvalue weighted by Crippen LogP contribution is -2.37. The van der Waals surface area contributed by atoms with Crippen molar-refractivity contribution in [2.45, 2.75) is 50.5 Å². The molecule has 1 saturated heterocycles. The van der Waals surface area contributed by atoms with Crippen LogP contribution in [0.3, 0.4) is 0 Å². The molecule has 0 radical (unpaired) electrons. The van der Waals surface area contributed by atoms with Gasteiger partial charge in [-0.05, 0) is 106 Å². The fourth-order valence-electron chi connectivity index (χ4n) is 9.54. The summed E-state index contributed by atoms with van der Waals surface area (Å²) < 4.78 is 33.6. The highest BCUT2D eigenvalue weighted by molar-refractivity contribution is 6.09. The van der Waals surface area contributed by atoms with Gasteiger partial charge in [0.15, 0.2) is 5.60 Å². The molecular formula is C49H46FNO3. The van der Waals surface area contributed by atoms with Crippen LogP contribution in [0.15, 0.2) is 121 Å². The van der Waals surface area contributed by atoms with E-state index in [4.69, 9.17) is 14.2 Å². The first-order valence-corrected chi connectivity index (χ1v) is 19.5. The van der Waals surface area contributed by atoms with Crippen molar-refractivity contribution in [2.75, 3.05) is 38.3 Å². The van der Waals surface area contributed by atoms with Gasteiger partial charge in [-0.3, -0.25) is 0 Å². The average Bonchev–Trinajstić information content (AvgIpc) is 3.51. The molecule has 1 fully saturated rings. The maximum absolute atomic E-state index is 14.5. The number of hydrogen-bond donors (Lipinski definition) is 0. The van der Waals surface area contributed by atoms with E-state index in [1.165, 1.54) is 45.5 Å². The number of ether oxygens (including phenoxy) is 3. The molecule has 0 aromatic heterocycles. The lowest BCUT2D eigenvalue weighted by molar-refractivity contribution is 0.122. The van der Waals surface area contributed by atoms with Gasteiger partial charge >= 0.3 is 0 Å². The summed E-state index contributed by atoms with van der Waals surface area (Å²) in [5.41, 5.74) is 10.7. The van der Waals surface area contributed by atoms with Crippen LogP contribution in [-0.2, 0) is 15.8 Å². The molecule has 2 aliphatic heterocycles. The van der Waals surface area contributed by atoms with Gasteiger partial charge in [0, 0.05) is 46.3 Å². The van der Waals surface area contributed by atoms with Gasteiger partial charge in [-0.15, -0.1) is 0 Å². The molecular weight excluding hydrogens is 670 g/mol. The molecule has 9 rings (SSSR count). The molecule has 0 spiro atoms.